The molecule has 98 valence electrons. The van der Waals surface area contributed by atoms with Crippen molar-refractivity contribution in [3.8, 4) is 0 Å². The molecule has 16 heavy (non-hydrogen) atoms. The Morgan fingerprint density at radius 2 is 1.75 bits per heavy atom. The van der Waals surface area contributed by atoms with Crippen molar-refractivity contribution in [2.75, 3.05) is 38.5 Å². The number of aliphatic hydroxyl groups excluding tert-OH is 1. The normalized spacial score (nSPS) is 21.4. The molecule has 0 amide bonds. The summed E-state index contributed by atoms with van der Waals surface area (Å²) >= 11 is 0. The van der Waals surface area contributed by atoms with Crippen LogP contribution in [0.25, 0.3) is 0 Å². The van der Waals surface area contributed by atoms with Crippen LogP contribution in [-0.4, -0.2) is 67.3 Å². The fraction of sp³-hybridized carbons (Fsp3) is 1.00. The molecule has 0 bridgehead atoms. The molecular formula is C9H21ClN2O3S. The van der Waals surface area contributed by atoms with Crippen LogP contribution in [0.3, 0.4) is 0 Å². The highest BCUT2D eigenvalue weighted by Gasteiger charge is 2.25. The van der Waals surface area contributed by atoms with Crippen LogP contribution < -0.4 is 0 Å². The zero-order chi connectivity index (χ0) is 11.5. The molecule has 1 fully saturated rings. The number of hydrogen-bond donors (Lipinski definition) is 1. The minimum atomic E-state index is -3.03. The van der Waals surface area contributed by atoms with E-state index < -0.39 is 10.0 Å². The number of rotatable bonds is 4. The highest BCUT2D eigenvalue weighted by Crippen LogP contribution is 2.08. The first-order chi connectivity index (χ1) is 6.95. The summed E-state index contributed by atoms with van der Waals surface area (Å²) in [6.07, 6.45) is -0.348. The van der Waals surface area contributed by atoms with Crippen molar-refractivity contribution in [1.29, 1.82) is 0 Å². The average Bonchev–Trinajstić information content (AvgIpc) is 2.18. The Morgan fingerprint density at radius 1 is 1.25 bits per heavy atom. The fourth-order valence-electron chi connectivity index (χ4n) is 1.75. The van der Waals surface area contributed by atoms with E-state index in [0.29, 0.717) is 32.7 Å². The molecule has 0 spiro atoms. The number of halogens is 1. The molecule has 0 aromatic heterocycles. The first-order valence-corrected chi connectivity index (χ1v) is 6.95. The van der Waals surface area contributed by atoms with Gasteiger partial charge in [0.2, 0.25) is 10.0 Å². The zero-order valence-corrected chi connectivity index (χ0v) is 11.4. The average molecular weight is 273 g/mol. The maximum absolute atomic E-state index is 11.5. The molecule has 1 unspecified atom stereocenters. The van der Waals surface area contributed by atoms with Gasteiger partial charge in [-0.15, -0.1) is 12.4 Å². The maximum Gasteiger partial charge on any atom is 0.213 e. The molecule has 1 aliphatic rings. The number of β-amino-alcohol motifs (C(OH)–C–C–N with tert-alkyl or cyclic N) is 1. The maximum atomic E-state index is 11.5. The lowest BCUT2D eigenvalue weighted by atomic mass is 10.3. The van der Waals surface area contributed by atoms with Gasteiger partial charge in [-0.05, 0) is 13.8 Å². The predicted molar refractivity (Wildman–Crippen MR) is 66.4 cm³/mol. The van der Waals surface area contributed by atoms with Gasteiger partial charge in [-0.3, -0.25) is 4.90 Å². The van der Waals surface area contributed by atoms with Crippen molar-refractivity contribution in [2.45, 2.75) is 20.0 Å². The van der Waals surface area contributed by atoms with Crippen LogP contribution in [0.4, 0.5) is 0 Å². The summed E-state index contributed by atoms with van der Waals surface area (Å²) in [5.74, 6) is 0.170. The first-order valence-electron chi connectivity index (χ1n) is 5.34. The molecular weight excluding hydrogens is 252 g/mol. The summed E-state index contributed by atoms with van der Waals surface area (Å²) in [4.78, 5) is 2.09. The molecule has 1 heterocycles. The highest BCUT2D eigenvalue weighted by molar-refractivity contribution is 7.89. The van der Waals surface area contributed by atoms with E-state index in [4.69, 9.17) is 0 Å². The van der Waals surface area contributed by atoms with Crippen LogP contribution in [0.1, 0.15) is 13.8 Å². The van der Waals surface area contributed by atoms with E-state index in [2.05, 4.69) is 4.90 Å². The molecule has 0 radical (unpaired) electrons. The minimum absolute atomic E-state index is 0. The molecule has 1 N–H and O–H groups in total. The summed E-state index contributed by atoms with van der Waals surface area (Å²) in [6, 6.07) is 0. The van der Waals surface area contributed by atoms with Crippen LogP contribution >= 0.6 is 12.4 Å². The second-order valence-corrected chi connectivity index (χ2v) is 6.21. The third-order valence-electron chi connectivity index (χ3n) is 2.61. The Kier molecular flexibility index (Phi) is 6.81. The zero-order valence-electron chi connectivity index (χ0n) is 9.79. The second-order valence-electron chi connectivity index (χ2n) is 3.95. The SMILES string of the molecule is CCS(=O)(=O)N1CCN(CC(C)O)CC1.Cl. The van der Waals surface area contributed by atoms with E-state index in [1.807, 2.05) is 0 Å². The van der Waals surface area contributed by atoms with Gasteiger partial charge < -0.3 is 5.11 Å². The Bertz CT molecular complexity index is 287. The van der Waals surface area contributed by atoms with Crippen molar-refractivity contribution >= 4 is 22.4 Å². The molecule has 7 heteroatoms. The topological polar surface area (TPSA) is 60.9 Å². The van der Waals surface area contributed by atoms with Gasteiger partial charge in [0, 0.05) is 32.7 Å². The molecule has 0 aromatic carbocycles. The quantitative estimate of drug-likeness (QED) is 0.767. The van der Waals surface area contributed by atoms with Crippen LogP contribution in [0.15, 0.2) is 0 Å². The number of aliphatic hydroxyl groups is 1. The second kappa shape index (κ2) is 6.76. The van der Waals surface area contributed by atoms with E-state index in [1.54, 1.807) is 13.8 Å². The van der Waals surface area contributed by atoms with Gasteiger partial charge in [0.1, 0.15) is 0 Å². The Labute approximate surface area is 104 Å². The largest absolute Gasteiger partial charge is 0.392 e. The molecule has 1 saturated heterocycles. The number of piperazine rings is 1. The molecule has 1 atom stereocenters. The molecule has 1 rings (SSSR count). The van der Waals surface area contributed by atoms with Crippen molar-refractivity contribution < 1.29 is 13.5 Å². The summed E-state index contributed by atoms with van der Waals surface area (Å²) in [5.41, 5.74) is 0. The fourth-order valence-corrected chi connectivity index (χ4v) is 2.83. The third kappa shape index (κ3) is 4.55. The smallest absolute Gasteiger partial charge is 0.213 e. The van der Waals surface area contributed by atoms with Crippen molar-refractivity contribution in [3.05, 3.63) is 0 Å². The van der Waals surface area contributed by atoms with Crippen LogP contribution in [-0.2, 0) is 10.0 Å². The minimum Gasteiger partial charge on any atom is -0.392 e. The first kappa shape index (κ1) is 16.1. The van der Waals surface area contributed by atoms with Crippen LogP contribution in [0, 0.1) is 0 Å². The van der Waals surface area contributed by atoms with Crippen LogP contribution in [0.2, 0.25) is 0 Å². The molecule has 0 saturated carbocycles. The lowest BCUT2D eigenvalue weighted by molar-refractivity contribution is 0.103. The van der Waals surface area contributed by atoms with Gasteiger partial charge in [0.05, 0.1) is 11.9 Å². The van der Waals surface area contributed by atoms with Gasteiger partial charge in [-0.25, -0.2) is 8.42 Å². The lowest BCUT2D eigenvalue weighted by Gasteiger charge is -2.34. The number of sulfonamides is 1. The van der Waals surface area contributed by atoms with Gasteiger partial charge in [-0.2, -0.15) is 4.31 Å². The Hall–Kier alpha value is 0.120. The summed E-state index contributed by atoms with van der Waals surface area (Å²) in [5, 5.41) is 9.20. The summed E-state index contributed by atoms with van der Waals surface area (Å²) in [6.45, 7) is 6.55. The monoisotopic (exact) mass is 272 g/mol. The van der Waals surface area contributed by atoms with Crippen molar-refractivity contribution in [1.82, 2.24) is 9.21 Å². The summed E-state index contributed by atoms with van der Waals surface area (Å²) in [7, 11) is -3.03. The van der Waals surface area contributed by atoms with Gasteiger partial charge in [0.25, 0.3) is 0 Å². The van der Waals surface area contributed by atoms with E-state index in [1.165, 1.54) is 4.31 Å². The van der Waals surface area contributed by atoms with Crippen LogP contribution in [0.5, 0.6) is 0 Å². The highest BCUT2D eigenvalue weighted by atomic mass is 35.5. The summed E-state index contributed by atoms with van der Waals surface area (Å²) < 4.78 is 24.6. The van der Waals surface area contributed by atoms with Crippen molar-refractivity contribution in [2.24, 2.45) is 0 Å². The van der Waals surface area contributed by atoms with E-state index in [0.717, 1.165) is 0 Å². The lowest BCUT2D eigenvalue weighted by Crippen LogP contribution is -2.50. The number of nitrogens with zero attached hydrogens (tertiary/aromatic N) is 2. The predicted octanol–water partition coefficient (Wildman–Crippen LogP) is -0.244. The van der Waals surface area contributed by atoms with Crippen molar-refractivity contribution in [3.63, 3.8) is 0 Å². The third-order valence-corrected chi connectivity index (χ3v) is 4.49. The van der Waals surface area contributed by atoms with E-state index in [-0.39, 0.29) is 24.3 Å². The van der Waals surface area contributed by atoms with Gasteiger partial charge >= 0.3 is 0 Å². The molecule has 0 aliphatic carbocycles. The number of hydrogen-bond acceptors (Lipinski definition) is 4. The molecule has 0 aromatic rings. The van der Waals surface area contributed by atoms with Gasteiger partial charge in [-0.1, -0.05) is 0 Å². The Morgan fingerprint density at radius 3 is 2.12 bits per heavy atom. The van der Waals surface area contributed by atoms with E-state index in [9.17, 15) is 13.5 Å². The Balaban J connectivity index is 0.00000225. The molecule has 1 aliphatic heterocycles. The standard InChI is InChI=1S/C9H20N2O3S.ClH/c1-3-15(13,14)11-6-4-10(5-7-11)8-9(2)12;/h9,12H,3-8H2,1-2H3;1H. The van der Waals surface area contributed by atoms with E-state index >= 15 is 0 Å². The molecule has 5 nitrogen and oxygen atoms in total. The van der Waals surface area contributed by atoms with Gasteiger partial charge in [0.15, 0.2) is 0 Å².